The maximum absolute atomic E-state index is 14.3. The first-order chi connectivity index (χ1) is 24.1. The number of hydrogen-bond donors (Lipinski definition) is 3. The van der Waals surface area contributed by atoms with Gasteiger partial charge in [0.05, 0.1) is 23.1 Å². The van der Waals surface area contributed by atoms with Crippen molar-refractivity contribution in [1.29, 1.82) is 0 Å². The first-order valence-corrected chi connectivity index (χ1v) is 18.4. The zero-order valence-electron chi connectivity index (χ0n) is 32.8. The van der Waals surface area contributed by atoms with E-state index < -0.39 is 11.6 Å². The lowest BCUT2D eigenvalue weighted by Gasteiger charge is -2.20. The van der Waals surface area contributed by atoms with Gasteiger partial charge in [0.15, 0.2) is 5.78 Å². The van der Waals surface area contributed by atoms with Gasteiger partial charge in [-0.05, 0) is 68.9 Å². The van der Waals surface area contributed by atoms with E-state index in [1.54, 1.807) is 6.20 Å². The van der Waals surface area contributed by atoms with Crippen molar-refractivity contribution < 1.29 is 14.7 Å². The summed E-state index contributed by atoms with van der Waals surface area (Å²) in [5, 5.41) is 17.1. The van der Waals surface area contributed by atoms with Crippen molar-refractivity contribution in [2.75, 3.05) is 10.6 Å². The first-order valence-electron chi connectivity index (χ1n) is 18.4. The number of ketones is 2. The highest BCUT2D eigenvalue weighted by atomic mass is 16.2. The number of aliphatic imine (C=N–C) groups is 1. The van der Waals surface area contributed by atoms with Crippen LogP contribution in [0.2, 0.25) is 0 Å². The zero-order valence-corrected chi connectivity index (χ0v) is 32.8. The summed E-state index contributed by atoms with van der Waals surface area (Å²) in [6.07, 6.45) is 6.55. The standard InChI is InChI=1S/C45H59N3O3/c1-27(2)34-16-13-17-35(28(3)4)42(34)46-23-22-41(50)40(25-48-44-38(31(9)10)20-15-21-39(44)32(11)12)45(51)33(26-49)24-47-43-36(29(5)6)18-14-19-37(43)30(7)8/h13-32,46,48-49H,1-12H3/b23-22+,33-26+,40-25+,47-24?. The van der Waals surface area contributed by atoms with Gasteiger partial charge < -0.3 is 15.7 Å². The number of nitrogens with one attached hydrogen (secondary N) is 2. The van der Waals surface area contributed by atoms with E-state index >= 15 is 0 Å². The van der Waals surface area contributed by atoms with Gasteiger partial charge in [0.1, 0.15) is 0 Å². The average Bonchev–Trinajstić information content (AvgIpc) is 3.07. The molecule has 0 amide bonds. The summed E-state index contributed by atoms with van der Waals surface area (Å²) in [6.45, 7) is 25.4. The average molecular weight is 690 g/mol. The minimum absolute atomic E-state index is 0.0977. The molecule has 3 aromatic rings. The number of carbonyl (C=O) groups is 2. The van der Waals surface area contributed by atoms with Crippen molar-refractivity contribution in [3.8, 4) is 0 Å². The number of aliphatic hydroxyl groups excluding tert-OH is 1. The summed E-state index contributed by atoms with van der Waals surface area (Å²) in [4.78, 5) is 33.1. The van der Waals surface area contributed by atoms with Crippen LogP contribution in [0.1, 0.15) is 152 Å². The minimum Gasteiger partial charge on any atom is -0.515 e. The van der Waals surface area contributed by atoms with Gasteiger partial charge >= 0.3 is 0 Å². The molecule has 0 atom stereocenters. The number of allylic oxidation sites excluding steroid dienone is 3. The van der Waals surface area contributed by atoms with Crippen molar-refractivity contribution in [2.24, 2.45) is 4.99 Å². The fraction of sp³-hybridized carbons (Fsp3) is 0.400. The van der Waals surface area contributed by atoms with Crippen molar-refractivity contribution >= 4 is 34.8 Å². The highest BCUT2D eigenvalue weighted by Gasteiger charge is 2.22. The second kappa shape index (κ2) is 18.5. The summed E-state index contributed by atoms with van der Waals surface area (Å²) in [7, 11) is 0. The molecule has 0 aromatic heterocycles. The smallest absolute Gasteiger partial charge is 0.203 e. The fourth-order valence-corrected chi connectivity index (χ4v) is 6.22. The lowest BCUT2D eigenvalue weighted by molar-refractivity contribution is -0.117. The zero-order chi connectivity index (χ0) is 38.0. The Balaban J connectivity index is 2.14. The second-order valence-corrected chi connectivity index (χ2v) is 15.1. The molecule has 0 unspecified atom stereocenters. The third-order valence-electron chi connectivity index (χ3n) is 9.16. The van der Waals surface area contributed by atoms with E-state index in [2.05, 4.69) is 124 Å². The summed E-state index contributed by atoms with van der Waals surface area (Å²) in [5.74, 6) is 0.161. The van der Waals surface area contributed by atoms with Gasteiger partial charge in [0, 0.05) is 36.1 Å². The number of hydrogen-bond acceptors (Lipinski definition) is 6. The van der Waals surface area contributed by atoms with Crippen LogP contribution in [0.5, 0.6) is 0 Å². The van der Waals surface area contributed by atoms with Gasteiger partial charge in [-0.1, -0.05) is 138 Å². The molecule has 3 N–H and O–H groups in total. The Morgan fingerprint density at radius 2 is 0.961 bits per heavy atom. The number of Topliss-reactive ketones (excluding diaryl/α,β-unsaturated/α-hetero) is 1. The molecule has 3 rings (SSSR count). The molecule has 0 aliphatic rings. The molecule has 0 heterocycles. The predicted octanol–water partition coefficient (Wildman–Crippen LogP) is 12.3. The molecule has 0 radical (unpaired) electrons. The number of para-hydroxylation sites is 3. The van der Waals surface area contributed by atoms with E-state index in [0.717, 1.165) is 56.7 Å². The quantitative estimate of drug-likeness (QED) is 0.0458. The maximum Gasteiger partial charge on any atom is 0.203 e. The van der Waals surface area contributed by atoms with Gasteiger partial charge in [-0.25, -0.2) is 0 Å². The third kappa shape index (κ3) is 10.2. The van der Waals surface area contributed by atoms with Crippen LogP contribution >= 0.6 is 0 Å². The predicted molar refractivity (Wildman–Crippen MR) is 217 cm³/mol. The molecule has 0 aliphatic heterocycles. The van der Waals surface area contributed by atoms with Crippen LogP contribution < -0.4 is 10.6 Å². The van der Waals surface area contributed by atoms with Gasteiger partial charge in [0.25, 0.3) is 0 Å². The molecular formula is C45H59N3O3. The third-order valence-corrected chi connectivity index (χ3v) is 9.16. The van der Waals surface area contributed by atoms with Crippen LogP contribution in [0, 0.1) is 0 Å². The molecule has 272 valence electrons. The van der Waals surface area contributed by atoms with Crippen molar-refractivity contribution in [3.63, 3.8) is 0 Å². The lowest BCUT2D eigenvalue weighted by atomic mass is 9.92. The molecule has 0 bridgehead atoms. The Hall–Kier alpha value is -4.71. The van der Waals surface area contributed by atoms with Crippen molar-refractivity contribution in [1.82, 2.24) is 0 Å². The monoisotopic (exact) mass is 689 g/mol. The Kier molecular flexibility index (Phi) is 14.8. The topological polar surface area (TPSA) is 90.8 Å². The van der Waals surface area contributed by atoms with Crippen LogP contribution in [0.4, 0.5) is 17.1 Å². The molecule has 3 aromatic carbocycles. The van der Waals surface area contributed by atoms with Gasteiger partial charge in [-0.2, -0.15) is 0 Å². The SMILES string of the molecule is CC(C)c1cccc(C(C)C)c1N=C/C(=C\O)C(=O)/C(=C/Nc1c(C(C)C)cccc1C(C)C)C(=O)/C=C/Nc1c(C(C)C)cccc1C(C)C. The molecule has 0 fully saturated rings. The number of nitrogens with zero attached hydrogens (tertiary/aromatic N) is 1. The van der Waals surface area contributed by atoms with Crippen LogP contribution in [0.25, 0.3) is 0 Å². The number of aliphatic hydroxyl groups is 1. The molecule has 0 saturated heterocycles. The fourth-order valence-electron chi connectivity index (χ4n) is 6.22. The van der Waals surface area contributed by atoms with E-state index in [1.807, 2.05) is 24.3 Å². The number of benzene rings is 3. The van der Waals surface area contributed by atoms with Gasteiger partial charge in [-0.15, -0.1) is 0 Å². The highest BCUT2D eigenvalue weighted by Crippen LogP contribution is 2.36. The number of rotatable bonds is 16. The molecule has 6 heteroatoms. The van der Waals surface area contributed by atoms with Crippen LogP contribution in [-0.4, -0.2) is 22.9 Å². The molecule has 6 nitrogen and oxygen atoms in total. The molecule has 0 aliphatic carbocycles. The first kappa shape index (κ1) is 40.7. The Morgan fingerprint density at radius 3 is 1.33 bits per heavy atom. The maximum atomic E-state index is 14.3. The minimum atomic E-state index is -0.643. The van der Waals surface area contributed by atoms with E-state index in [9.17, 15) is 14.7 Å². The molecule has 0 saturated carbocycles. The van der Waals surface area contributed by atoms with E-state index in [-0.39, 0.29) is 46.7 Å². The van der Waals surface area contributed by atoms with E-state index in [1.165, 1.54) is 18.5 Å². The van der Waals surface area contributed by atoms with Crippen LogP contribution in [-0.2, 0) is 9.59 Å². The Labute approximate surface area is 306 Å². The molecular weight excluding hydrogens is 631 g/mol. The van der Waals surface area contributed by atoms with Crippen molar-refractivity contribution in [2.45, 2.75) is 119 Å². The summed E-state index contributed by atoms with van der Waals surface area (Å²) in [6, 6.07) is 18.5. The van der Waals surface area contributed by atoms with Gasteiger partial charge in [-0.3, -0.25) is 14.6 Å². The molecule has 51 heavy (non-hydrogen) atoms. The second-order valence-electron chi connectivity index (χ2n) is 15.1. The summed E-state index contributed by atoms with van der Waals surface area (Å²) < 4.78 is 0. The summed E-state index contributed by atoms with van der Waals surface area (Å²) in [5.41, 5.74) is 8.88. The molecule has 0 spiro atoms. The number of carbonyl (C=O) groups excluding carboxylic acids is 2. The largest absolute Gasteiger partial charge is 0.515 e. The Morgan fingerprint density at radius 1 is 0.588 bits per heavy atom. The van der Waals surface area contributed by atoms with E-state index in [0.29, 0.717) is 0 Å². The summed E-state index contributed by atoms with van der Waals surface area (Å²) >= 11 is 0. The van der Waals surface area contributed by atoms with Crippen LogP contribution in [0.3, 0.4) is 0 Å². The van der Waals surface area contributed by atoms with Gasteiger partial charge in [0.2, 0.25) is 5.78 Å². The van der Waals surface area contributed by atoms with Crippen molar-refractivity contribution in [3.05, 3.63) is 124 Å². The lowest BCUT2D eigenvalue weighted by Crippen LogP contribution is -2.17. The normalized spacial score (nSPS) is 12.9. The van der Waals surface area contributed by atoms with E-state index in [4.69, 9.17) is 4.99 Å². The Bertz CT molecular complexity index is 1720. The highest BCUT2D eigenvalue weighted by molar-refractivity contribution is 6.34. The van der Waals surface area contributed by atoms with Crippen LogP contribution in [0.15, 0.2) is 95.5 Å². The number of anilines is 2.